The van der Waals surface area contributed by atoms with Crippen LogP contribution in [0.1, 0.15) is 51.3 Å². The SMILES string of the molecule is CC.CC1(C)C2C=Cc3[nH]c4cc5ccccc5cc4c3C1/C=C\C/C=C\2. The molecule has 0 aliphatic heterocycles. The molecule has 0 radical (unpaired) electrons. The first-order valence-electron chi connectivity index (χ1n) is 10.2. The minimum atomic E-state index is 0.149. The van der Waals surface area contributed by atoms with Gasteiger partial charge in [-0.15, -0.1) is 0 Å². The number of benzene rings is 2. The maximum atomic E-state index is 3.69. The fourth-order valence-electron chi connectivity index (χ4n) is 4.59. The van der Waals surface area contributed by atoms with Crippen LogP contribution in [0.5, 0.6) is 0 Å². The van der Waals surface area contributed by atoms with Gasteiger partial charge >= 0.3 is 0 Å². The summed E-state index contributed by atoms with van der Waals surface area (Å²) in [6.07, 6.45) is 15.2. The van der Waals surface area contributed by atoms with Crippen LogP contribution in [0, 0.1) is 11.3 Å². The monoisotopic (exact) mass is 355 g/mol. The van der Waals surface area contributed by atoms with Crippen molar-refractivity contribution in [3.63, 3.8) is 0 Å². The summed E-state index contributed by atoms with van der Waals surface area (Å²) in [6.45, 7) is 8.81. The van der Waals surface area contributed by atoms with Crippen molar-refractivity contribution in [2.24, 2.45) is 11.3 Å². The molecule has 0 fully saturated rings. The van der Waals surface area contributed by atoms with E-state index in [9.17, 15) is 0 Å². The topological polar surface area (TPSA) is 15.8 Å². The lowest BCUT2D eigenvalue weighted by Gasteiger charge is -2.37. The zero-order valence-electron chi connectivity index (χ0n) is 16.8. The summed E-state index contributed by atoms with van der Waals surface area (Å²) in [5, 5.41) is 3.98. The van der Waals surface area contributed by atoms with E-state index >= 15 is 0 Å². The molecule has 0 saturated carbocycles. The lowest BCUT2D eigenvalue weighted by atomic mass is 9.66. The molecular weight excluding hydrogens is 326 g/mol. The second-order valence-electron chi connectivity index (χ2n) is 7.97. The van der Waals surface area contributed by atoms with Gasteiger partial charge in [0.25, 0.3) is 0 Å². The van der Waals surface area contributed by atoms with Crippen LogP contribution in [0.3, 0.4) is 0 Å². The average molecular weight is 356 g/mol. The zero-order valence-corrected chi connectivity index (χ0v) is 16.8. The molecule has 3 aromatic rings. The molecule has 2 aliphatic rings. The van der Waals surface area contributed by atoms with Crippen molar-refractivity contribution in [2.45, 2.75) is 40.0 Å². The number of hydrogen-bond acceptors (Lipinski definition) is 0. The normalized spacial score (nSPS) is 24.9. The summed E-state index contributed by atoms with van der Waals surface area (Å²) in [6, 6.07) is 13.3. The third-order valence-corrected chi connectivity index (χ3v) is 6.12. The second-order valence-corrected chi connectivity index (χ2v) is 7.97. The van der Waals surface area contributed by atoms with E-state index in [0.29, 0.717) is 11.8 Å². The number of hydrogen-bond donors (Lipinski definition) is 1. The Kier molecular flexibility index (Phi) is 4.55. The Morgan fingerprint density at radius 3 is 2.41 bits per heavy atom. The molecule has 27 heavy (non-hydrogen) atoms. The van der Waals surface area contributed by atoms with E-state index in [4.69, 9.17) is 0 Å². The summed E-state index contributed by atoms with van der Waals surface area (Å²) in [5.41, 5.74) is 4.12. The maximum absolute atomic E-state index is 3.69. The first kappa shape index (κ1) is 17.9. The molecule has 5 rings (SSSR count). The molecule has 1 heteroatoms. The van der Waals surface area contributed by atoms with Crippen LogP contribution in [0.2, 0.25) is 0 Å². The molecule has 2 unspecified atom stereocenters. The first-order valence-corrected chi connectivity index (χ1v) is 10.2. The smallest absolute Gasteiger partial charge is 0.0468 e. The number of fused-ring (bicyclic) bond motifs is 7. The third kappa shape index (κ3) is 2.86. The minimum absolute atomic E-state index is 0.149. The lowest BCUT2D eigenvalue weighted by Crippen LogP contribution is -2.28. The zero-order chi connectivity index (χ0) is 19.0. The van der Waals surface area contributed by atoms with E-state index in [1.165, 1.54) is 32.9 Å². The highest BCUT2D eigenvalue weighted by atomic mass is 14.7. The van der Waals surface area contributed by atoms with E-state index < -0.39 is 0 Å². The molecule has 2 aromatic carbocycles. The largest absolute Gasteiger partial charge is 0.355 e. The second kappa shape index (κ2) is 6.88. The fraction of sp³-hybridized carbons (Fsp3) is 0.308. The van der Waals surface area contributed by atoms with Crippen molar-refractivity contribution in [1.29, 1.82) is 0 Å². The van der Waals surface area contributed by atoms with Gasteiger partial charge in [0.05, 0.1) is 0 Å². The maximum Gasteiger partial charge on any atom is 0.0468 e. The van der Waals surface area contributed by atoms with Crippen LogP contribution < -0.4 is 0 Å². The first-order chi connectivity index (χ1) is 13.1. The summed E-state index contributed by atoms with van der Waals surface area (Å²) >= 11 is 0. The fourth-order valence-corrected chi connectivity index (χ4v) is 4.59. The van der Waals surface area contributed by atoms with E-state index in [1.807, 2.05) is 13.8 Å². The van der Waals surface area contributed by atoms with Crippen LogP contribution >= 0.6 is 0 Å². The van der Waals surface area contributed by atoms with Crippen molar-refractivity contribution < 1.29 is 0 Å². The van der Waals surface area contributed by atoms with Gasteiger partial charge in [-0.25, -0.2) is 0 Å². The van der Waals surface area contributed by atoms with E-state index in [0.717, 1.165) is 6.42 Å². The molecule has 2 aliphatic carbocycles. The van der Waals surface area contributed by atoms with Gasteiger partial charge in [0.1, 0.15) is 0 Å². The molecule has 138 valence electrons. The summed E-state index contributed by atoms with van der Waals surface area (Å²) in [7, 11) is 0. The lowest BCUT2D eigenvalue weighted by molar-refractivity contribution is 0.270. The third-order valence-electron chi connectivity index (χ3n) is 6.12. The van der Waals surface area contributed by atoms with Crippen LogP contribution in [0.25, 0.3) is 27.8 Å². The molecule has 2 atom stereocenters. The van der Waals surface area contributed by atoms with Gasteiger partial charge in [0, 0.05) is 28.4 Å². The van der Waals surface area contributed by atoms with Crippen molar-refractivity contribution in [3.8, 4) is 0 Å². The van der Waals surface area contributed by atoms with Crippen LogP contribution in [-0.4, -0.2) is 4.98 Å². The van der Waals surface area contributed by atoms with Crippen LogP contribution in [0.15, 0.2) is 66.8 Å². The van der Waals surface area contributed by atoms with Crippen LogP contribution in [-0.2, 0) is 0 Å². The van der Waals surface area contributed by atoms with Crippen molar-refractivity contribution >= 4 is 27.8 Å². The Morgan fingerprint density at radius 2 is 1.63 bits per heavy atom. The van der Waals surface area contributed by atoms with Gasteiger partial charge < -0.3 is 4.98 Å². The van der Waals surface area contributed by atoms with Crippen molar-refractivity contribution in [3.05, 3.63) is 78.0 Å². The Hall–Kier alpha value is -2.54. The van der Waals surface area contributed by atoms with Crippen LogP contribution in [0.4, 0.5) is 0 Å². The molecule has 0 amide bonds. The predicted molar refractivity (Wildman–Crippen MR) is 119 cm³/mol. The minimum Gasteiger partial charge on any atom is -0.355 e. The number of aromatic nitrogens is 1. The van der Waals surface area contributed by atoms with Crippen molar-refractivity contribution in [2.75, 3.05) is 0 Å². The van der Waals surface area contributed by atoms with Gasteiger partial charge in [-0.1, -0.05) is 82.3 Å². The number of rotatable bonds is 0. The Labute approximate surface area is 162 Å². The predicted octanol–water partition coefficient (Wildman–Crippen LogP) is 7.62. The van der Waals surface area contributed by atoms with Gasteiger partial charge in [-0.2, -0.15) is 0 Å². The quantitative estimate of drug-likeness (QED) is 0.399. The number of allylic oxidation sites excluding steroid dienone is 5. The summed E-state index contributed by atoms with van der Waals surface area (Å²) in [4.78, 5) is 3.69. The summed E-state index contributed by atoms with van der Waals surface area (Å²) in [5.74, 6) is 0.862. The highest BCUT2D eigenvalue weighted by Gasteiger charge is 2.38. The number of nitrogens with one attached hydrogen (secondary N) is 1. The highest BCUT2D eigenvalue weighted by Crippen LogP contribution is 2.50. The van der Waals surface area contributed by atoms with Gasteiger partial charge in [-0.3, -0.25) is 0 Å². The molecule has 1 heterocycles. The van der Waals surface area contributed by atoms with Gasteiger partial charge in [-0.05, 0) is 46.4 Å². The summed E-state index contributed by atoms with van der Waals surface area (Å²) < 4.78 is 0. The Balaban J connectivity index is 0.000000872. The van der Waals surface area contributed by atoms with E-state index in [1.54, 1.807) is 0 Å². The Morgan fingerprint density at radius 1 is 0.926 bits per heavy atom. The number of H-pyrrole nitrogens is 1. The molecule has 1 nitrogen and oxygen atoms in total. The highest BCUT2D eigenvalue weighted by molar-refractivity contribution is 6.00. The average Bonchev–Trinajstić information content (AvgIpc) is 2.95. The standard InChI is InChI=1S/C24H23N.C2H6/c1-24(2)18-10-4-3-5-11-20(24)23-19-14-16-8-6-7-9-17(16)15-22(19)25-21(23)13-12-18;1-2/h4-15,18,20,25H,3H2,1-2H3;1-2H3/b10-4-,11-5-;. The van der Waals surface area contributed by atoms with E-state index in [-0.39, 0.29) is 5.41 Å². The van der Waals surface area contributed by atoms with Gasteiger partial charge in [0.2, 0.25) is 0 Å². The molecule has 0 saturated heterocycles. The molecule has 0 spiro atoms. The molecular formula is C26H29N. The van der Waals surface area contributed by atoms with E-state index in [2.05, 4.69) is 91.7 Å². The molecule has 1 N–H and O–H groups in total. The van der Waals surface area contributed by atoms with Gasteiger partial charge in [0.15, 0.2) is 0 Å². The van der Waals surface area contributed by atoms with Crippen molar-refractivity contribution in [1.82, 2.24) is 4.98 Å². The number of aromatic amines is 1. The molecule has 1 aromatic heterocycles. The Bertz CT molecular complexity index is 1060. The molecule has 2 bridgehead atoms.